The second-order valence-corrected chi connectivity index (χ2v) is 5.35. The Morgan fingerprint density at radius 1 is 1.47 bits per heavy atom. The van der Waals surface area contributed by atoms with E-state index in [1.54, 1.807) is 0 Å². The SMILES string of the molecule is CC1CCNC1C(=O)OCc1ccc(Br)cc1. The predicted octanol–water partition coefficient (Wildman–Crippen LogP) is 2.49. The van der Waals surface area contributed by atoms with Gasteiger partial charge in [-0.1, -0.05) is 35.0 Å². The normalized spacial score (nSPS) is 23.6. The van der Waals surface area contributed by atoms with Crippen LogP contribution in [0.15, 0.2) is 28.7 Å². The minimum atomic E-state index is -0.141. The molecule has 1 aliphatic heterocycles. The van der Waals surface area contributed by atoms with Gasteiger partial charge in [-0.15, -0.1) is 0 Å². The summed E-state index contributed by atoms with van der Waals surface area (Å²) in [5.41, 5.74) is 1.01. The zero-order valence-corrected chi connectivity index (χ0v) is 11.4. The Morgan fingerprint density at radius 2 is 2.18 bits per heavy atom. The first-order valence-corrected chi connectivity index (χ1v) is 6.60. The van der Waals surface area contributed by atoms with Gasteiger partial charge in [0.1, 0.15) is 12.6 Å². The van der Waals surface area contributed by atoms with E-state index in [2.05, 4.69) is 28.2 Å². The lowest BCUT2D eigenvalue weighted by Gasteiger charge is -2.14. The van der Waals surface area contributed by atoms with Crippen LogP contribution < -0.4 is 5.32 Å². The van der Waals surface area contributed by atoms with Crippen LogP contribution in [0.5, 0.6) is 0 Å². The van der Waals surface area contributed by atoms with Crippen LogP contribution in [-0.2, 0) is 16.1 Å². The molecule has 1 N–H and O–H groups in total. The van der Waals surface area contributed by atoms with E-state index >= 15 is 0 Å². The molecule has 4 heteroatoms. The van der Waals surface area contributed by atoms with Crippen molar-refractivity contribution in [2.45, 2.75) is 26.0 Å². The number of ether oxygens (including phenoxy) is 1. The van der Waals surface area contributed by atoms with Gasteiger partial charge in [-0.05, 0) is 36.6 Å². The van der Waals surface area contributed by atoms with Gasteiger partial charge in [-0.3, -0.25) is 4.79 Å². The van der Waals surface area contributed by atoms with Crippen LogP contribution in [0.2, 0.25) is 0 Å². The van der Waals surface area contributed by atoms with Crippen molar-refractivity contribution in [1.82, 2.24) is 5.32 Å². The van der Waals surface area contributed by atoms with E-state index in [1.165, 1.54) is 0 Å². The molecule has 0 aromatic heterocycles. The molecule has 1 aromatic rings. The largest absolute Gasteiger partial charge is 0.460 e. The molecular weight excluding hydrogens is 282 g/mol. The molecule has 1 aliphatic rings. The van der Waals surface area contributed by atoms with Crippen LogP contribution in [-0.4, -0.2) is 18.6 Å². The third-order valence-corrected chi connectivity index (χ3v) is 3.61. The van der Waals surface area contributed by atoms with Gasteiger partial charge >= 0.3 is 5.97 Å². The van der Waals surface area contributed by atoms with Crippen molar-refractivity contribution in [3.8, 4) is 0 Å². The third-order valence-electron chi connectivity index (χ3n) is 3.08. The second-order valence-electron chi connectivity index (χ2n) is 4.43. The van der Waals surface area contributed by atoms with Crippen molar-refractivity contribution in [1.29, 1.82) is 0 Å². The summed E-state index contributed by atoms with van der Waals surface area (Å²) in [6.07, 6.45) is 1.04. The molecule has 2 unspecified atom stereocenters. The molecule has 0 amide bonds. The monoisotopic (exact) mass is 297 g/mol. The van der Waals surface area contributed by atoms with Gasteiger partial charge in [0.05, 0.1) is 0 Å². The summed E-state index contributed by atoms with van der Waals surface area (Å²) >= 11 is 3.37. The highest BCUT2D eigenvalue weighted by Crippen LogP contribution is 2.16. The van der Waals surface area contributed by atoms with Crippen LogP contribution in [0, 0.1) is 5.92 Å². The Morgan fingerprint density at radius 3 is 2.76 bits per heavy atom. The van der Waals surface area contributed by atoms with Gasteiger partial charge in [-0.25, -0.2) is 0 Å². The molecule has 1 saturated heterocycles. The molecule has 1 heterocycles. The van der Waals surface area contributed by atoms with Crippen molar-refractivity contribution in [3.63, 3.8) is 0 Å². The Hall–Kier alpha value is -0.870. The van der Waals surface area contributed by atoms with Crippen molar-refractivity contribution in [2.75, 3.05) is 6.54 Å². The Labute approximate surface area is 110 Å². The minimum absolute atomic E-state index is 0.134. The minimum Gasteiger partial charge on any atom is -0.460 e. The fourth-order valence-electron chi connectivity index (χ4n) is 1.97. The van der Waals surface area contributed by atoms with E-state index < -0.39 is 0 Å². The fourth-order valence-corrected chi connectivity index (χ4v) is 2.24. The van der Waals surface area contributed by atoms with Gasteiger partial charge < -0.3 is 10.1 Å². The number of hydrogen-bond acceptors (Lipinski definition) is 3. The second kappa shape index (κ2) is 5.65. The van der Waals surface area contributed by atoms with E-state index in [4.69, 9.17) is 4.74 Å². The number of esters is 1. The first-order chi connectivity index (χ1) is 8.16. The zero-order valence-electron chi connectivity index (χ0n) is 9.78. The molecule has 2 rings (SSSR count). The van der Waals surface area contributed by atoms with E-state index in [0.29, 0.717) is 12.5 Å². The van der Waals surface area contributed by atoms with Crippen molar-refractivity contribution in [2.24, 2.45) is 5.92 Å². The van der Waals surface area contributed by atoms with Crippen molar-refractivity contribution in [3.05, 3.63) is 34.3 Å². The lowest BCUT2D eigenvalue weighted by Crippen LogP contribution is -2.36. The average Bonchev–Trinajstić information content (AvgIpc) is 2.74. The van der Waals surface area contributed by atoms with E-state index in [1.807, 2.05) is 24.3 Å². The molecular formula is C13H16BrNO2. The third kappa shape index (κ3) is 3.30. The molecule has 17 heavy (non-hydrogen) atoms. The van der Waals surface area contributed by atoms with Crippen LogP contribution in [0.4, 0.5) is 0 Å². The molecule has 0 spiro atoms. The van der Waals surface area contributed by atoms with E-state index in [9.17, 15) is 4.79 Å². The maximum absolute atomic E-state index is 11.8. The lowest BCUT2D eigenvalue weighted by molar-refractivity contribution is -0.148. The van der Waals surface area contributed by atoms with Gasteiger partial charge in [0.15, 0.2) is 0 Å². The highest BCUT2D eigenvalue weighted by Gasteiger charge is 2.30. The standard InChI is InChI=1S/C13H16BrNO2/c1-9-6-7-15-12(9)13(16)17-8-10-2-4-11(14)5-3-10/h2-5,9,12,15H,6-8H2,1H3. The van der Waals surface area contributed by atoms with Gasteiger partial charge in [0.25, 0.3) is 0 Å². The average molecular weight is 298 g/mol. The summed E-state index contributed by atoms with van der Waals surface area (Å²) in [7, 11) is 0. The van der Waals surface area contributed by atoms with Gasteiger partial charge in [0, 0.05) is 4.47 Å². The molecule has 92 valence electrons. The topological polar surface area (TPSA) is 38.3 Å². The Bertz CT molecular complexity index is 391. The van der Waals surface area contributed by atoms with Crippen LogP contribution in [0.3, 0.4) is 0 Å². The Kier molecular flexibility index (Phi) is 4.18. The quantitative estimate of drug-likeness (QED) is 0.871. The molecule has 0 radical (unpaired) electrons. The summed E-state index contributed by atoms with van der Waals surface area (Å²) in [5.74, 6) is 0.227. The molecule has 1 aromatic carbocycles. The molecule has 3 nitrogen and oxygen atoms in total. The Balaban J connectivity index is 1.85. The smallest absolute Gasteiger partial charge is 0.323 e. The predicted molar refractivity (Wildman–Crippen MR) is 69.5 cm³/mol. The maximum Gasteiger partial charge on any atom is 0.323 e. The molecule has 0 bridgehead atoms. The van der Waals surface area contributed by atoms with Crippen molar-refractivity contribution >= 4 is 21.9 Å². The molecule has 1 fully saturated rings. The number of carbonyl (C=O) groups excluding carboxylic acids is 1. The van der Waals surface area contributed by atoms with Crippen molar-refractivity contribution < 1.29 is 9.53 Å². The summed E-state index contributed by atoms with van der Waals surface area (Å²) in [6, 6.07) is 7.65. The molecule has 2 atom stereocenters. The van der Waals surface area contributed by atoms with Crippen LogP contribution >= 0.6 is 15.9 Å². The first kappa shape index (κ1) is 12.6. The number of hydrogen-bond donors (Lipinski definition) is 1. The molecule has 0 aliphatic carbocycles. The number of benzene rings is 1. The maximum atomic E-state index is 11.8. The summed E-state index contributed by atoms with van der Waals surface area (Å²) in [4.78, 5) is 11.8. The van der Waals surface area contributed by atoms with E-state index in [-0.39, 0.29) is 12.0 Å². The number of carbonyl (C=O) groups is 1. The van der Waals surface area contributed by atoms with E-state index in [0.717, 1.165) is 23.0 Å². The summed E-state index contributed by atoms with van der Waals surface area (Å²) in [5, 5.41) is 3.17. The summed E-state index contributed by atoms with van der Waals surface area (Å²) in [6.45, 7) is 3.32. The fraction of sp³-hybridized carbons (Fsp3) is 0.462. The first-order valence-electron chi connectivity index (χ1n) is 5.81. The molecule has 0 saturated carbocycles. The van der Waals surface area contributed by atoms with Gasteiger partial charge in [-0.2, -0.15) is 0 Å². The number of nitrogens with one attached hydrogen (secondary N) is 1. The number of halogens is 1. The summed E-state index contributed by atoms with van der Waals surface area (Å²) < 4.78 is 6.33. The van der Waals surface area contributed by atoms with Crippen LogP contribution in [0.1, 0.15) is 18.9 Å². The number of rotatable bonds is 3. The van der Waals surface area contributed by atoms with Crippen LogP contribution in [0.25, 0.3) is 0 Å². The zero-order chi connectivity index (χ0) is 12.3. The lowest BCUT2D eigenvalue weighted by atomic mass is 10.0. The van der Waals surface area contributed by atoms with Gasteiger partial charge in [0.2, 0.25) is 0 Å². The highest BCUT2D eigenvalue weighted by atomic mass is 79.9. The highest BCUT2D eigenvalue weighted by molar-refractivity contribution is 9.10.